The summed E-state index contributed by atoms with van der Waals surface area (Å²) in [6.07, 6.45) is 5.65. The second kappa shape index (κ2) is 6.73. The first-order valence-corrected chi connectivity index (χ1v) is 9.70. The Kier molecular flexibility index (Phi) is 4.16. The molecular weight excluding hydrogens is 371 g/mol. The number of halogens is 1. The number of likely N-dealkylation sites (tertiary alicyclic amines) is 1. The number of hydrogen-bond acceptors (Lipinski definition) is 5. The zero-order chi connectivity index (χ0) is 20.1. The largest absolute Gasteiger partial charge is 0.306 e. The van der Waals surface area contributed by atoms with Crippen LogP contribution in [0.15, 0.2) is 35.4 Å². The monoisotopic (exact) mass is 392 g/mol. The molecule has 1 aliphatic rings. The Balaban J connectivity index is 1.57. The lowest BCUT2D eigenvalue weighted by molar-refractivity contribution is 0.255. The van der Waals surface area contributed by atoms with Crippen molar-refractivity contribution in [2.75, 3.05) is 20.1 Å². The fourth-order valence-corrected chi connectivity index (χ4v) is 4.09. The van der Waals surface area contributed by atoms with E-state index in [1.807, 2.05) is 12.3 Å². The molecule has 0 spiro atoms. The van der Waals surface area contributed by atoms with Crippen LogP contribution in [0.5, 0.6) is 0 Å². The van der Waals surface area contributed by atoms with Gasteiger partial charge in [0.15, 0.2) is 11.5 Å². The Morgan fingerprint density at radius 3 is 2.76 bits per heavy atom. The smallest absolute Gasteiger partial charge is 0.260 e. The maximum Gasteiger partial charge on any atom is 0.260 e. The van der Waals surface area contributed by atoms with E-state index in [2.05, 4.69) is 32.0 Å². The molecule has 4 aromatic rings. The Bertz CT molecular complexity index is 1290. The van der Waals surface area contributed by atoms with E-state index in [-0.39, 0.29) is 5.56 Å². The van der Waals surface area contributed by atoms with Crippen LogP contribution in [0.2, 0.25) is 0 Å². The second-order valence-corrected chi connectivity index (χ2v) is 7.83. The maximum absolute atomic E-state index is 14.4. The molecule has 0 radical (unpaired) electrons. The molecule has 0 amide bonds. The van der Waals surface area contributed by atoms with Crippen LogP contribution >= 0.6 is 0 Å². The minimum atomic E-state index is -0.452. The van der Waals surface area contributed by atoms with Crippen molar-refractivity contribution in [3.8, 4) is 11.4 Å². The summed E-state index contributed by atoms with van der Waals surface area (Å²) in [5.74, 6) is 0.252. The van der Waals surface area contributed by atoms with Crippen LogP contribution in [0.1, 0.15) is 24.3 Å². The molecule has 3 aromatic heterocycles. The summed E-state index contributed by atoms with van der Waals surface area (Å²) in [7, 11) is 3.86. The van der Waals surface area contributed by atoms with Crippen LogP contribution in [0, 0.1) is 5.82 Å². The molecule has 0 saturated carbocycles. The number of H-pyrrole nitrogens is 1. The Morgan fingerprint density at radius 2 is 1.97 bits per heavy atom. The quantitative estimate of drug-likeness (QED) is 0.567. The van der Waals surface area contributed by atoms with Gasteiger partial charge < -0.3 is 9.88 Å². The molecule has 4 heterocycles. The molecule has 148 valence electrons. The van der Waals surface area contributed by atoms with Gasteiger partial charge in [-0.25, -0.2) is 14.4 Å². The molecular formula is C21H21FN6O. The lowest BCUT2D eigenvalue weighted by Crippen LogP contribution is -2.29. The van der Waals surface area contributed by atoms with Crippen molar-refractivity contribution >= 4 is 21.9 Å². The van der Waals surface area contributed by atoms with Gasteiger partial charge in [-0.3, -0.25) is 9.48 Å². The van der Waals surface area contributed by atoms with Gasteiger partial charge in [0.05, 0.1) is 5.39 Å². The van der Waals surface area contributed by atoms with Crippen molar-refractivity contribution in [2.24, 2.45) is 7.05 Å². The number of pyridine rings is 1. The molecule has 29 heavy (non-hydrogen) atoms. The predicted molar refractivity (Wildman–Crippen MR) is 109 cm³/mol. The van der Waals surface area contributed by atoms with Gasteiger partial charge in [0.25, 0.3) is 5.56 Å². The van der Waals surface area contributed by atoms with Gasteiger partial charge in [-0.1, -0.05) is 0 Å². The van der Waals surface area contributed by atoms with Crippen molar-refractivity contribution in [1.29, 1.82) is 0 Å². The topological polar surface area (TPSA) is 79.7 Å². The average Bonchev–Trinajstić information content (AvgIpc) is 3.09. The number of nitrogens with zero attached hydrogens (tertiary/aromatic N) is 5. The number of nitrogens with one attached hydrogen (secondary N) is 1. The molecule has 8 heteroatoms. The van der Waals surface area contributed by atoms with Crippen LogP contribution in [-0.4, -0.2) is 49.8 Å². The maximum atomic E-state index is 14.4. The fourth-order valence-electron chi connectivity index (χ4n) is 4.09. The minimum Gasteiger partial charge on any atom is -0.306 e. The summed E-state index contributed by atoms with van der Waals surface area (Å²) < 4.78 is 16.0. The summed E-state index contributed by atoms with van der Waals surface area (Å²) >= 11 is 0. The predicted octanol–water partition coefficient (Wildman–Crippen LogP) is 2.82. The van der Waals surface area contributed by atoms with E-state index in [0.717, 1.165) is 31.5 Å². The van der Waals surface area contributed by atoms with Gasteiger partial charge in [0.2, 0.25) is 0 Å². The van der Waals surface area contributed by atoms with Crippen molar-refractivity contribution in [3.05, 3.63) is 52.3 Å². The van der Waals surface area contributed by atoms with Crippen molar-refractivity contribution in [1.82, 2.24) is 29.6 Å². The molecule has 1 saturated heterocycles. The number of fused-ring (bicyclic) bond motifs is 2. The first kappa shape index (κ1) is 17.9. The third-order valence-corrected chi connectivity index (χ3v) is 5.72. The molecule has 5 rings (SSSR count). The number of aromatic amines is 1. The van der Waals surface area contributed by atoms with Gasteiger partial charge in [0, 0.05) is 30.4 Å². The van der Waals surface area contributed by atoms with E-state index >= 15 is 0 Å². The second-order valence-electron chi connectivity index (χ2n) is 7.83. The number of piperidine rings is 1. The first-order chi connectivity index (χ1) is 14.0. The summed E-state index contributed by atoms with van der Waals surface area (Å²) in [4.78, 5) is 26.8. The molecule has 0 unspecified atom stereocenters. The van der Waals surface area contributed by atoms with E-state index in [4.69, 9.17) is 0 Å². The van der Waals surface area contributed by atoms with Crippen LogP contribution in [0.25, 0.3) is 33.3 Å². The van der Waals surface area contributed by atoms with E-state index < -0.39 is 5.82 Å². The first-order valence-electron chi connectivity index (χ1n) is 9.70. The normalized spacial score (nSPS) is 16.1. The number of rotatable bonds is 2. The van der Waals surface area contributed by atoms with Crippen molar-refractivity contribution in [2.45, 2.75) is 18.8 Å². The van der Waals surface area contributed by atoms with Gasteiger partial charge >= 0.3 is 0 Å². The molecule has 1 aliphatic heterocycles. The van der Waals surface area contributed by atoms with E-state index in [1.165, 1.54) is 6.07 Å². The lowest BCUT2D eigenvalue weighted by Gasteiger charge is -2.29. The van der Waals surface area contributed by atoms with Crippen LogP contribution in [-0.2, 0) is 7.05 Å². The number of hydrogen-bond donors (Lipinski definition) is 1. The van der Waals surface area contributed by atoms with Crippen LogP contribution in [0.3, 0.4) is 0 Å². The molecule has 0 atom stereocenters. The fraction of sp³-hybridized carbons (Fsp3) is 0.333. The number of aromatic nitrogens is 5. The highest BCUT2D eigenvalue weighted by Crippen LogP contribution is 2.29. The Labute approximate surface area is 166 Å². The SMILES string of the molecule is CN1CCC(c2cnc3nc(-c4cc(F)c5nn(C)cc5c4)[nH]c(=O)c3c2)CC1. The van der Waals surface area contributed by atoms with Crippen molar-refractivity contribution in [3.63, 3.8) is 0 Å². The number of benzene rings is 1. The zero-order valence-electron chi connectivity index (χ0n) is 16.3. The molecule has 1 N–H and O–H groups in total. The van der Waals surface area contributed by atoms with Crippen LogP contribution in [0.4, 0.5) is 4.39 Å². The summed E-state index contributed by atoms with van der Waals surface area (Å²) in [5, 5.41) is 5.22. The Hall–Kier alpha value is -3.13. The number of aryl methyl sites for hydroxylation is 1. The highest BCUT2D eigenvalue weighted by atomic mass is 19.1. The minimum absolute atomic E-state index is 0.265. The summed E-state index contributed by atoms with van der Waals surface area (Å²) in [5.41, 5.74) is 1.96. The standard InChI is InChI=1S/C21H21FN6O/c1-27-5-3-12(4-6-27)14-8-16-20(23-10-14)24-19(25-21(16)29)13-7-15-11-28(2)26-18(15)17(22)9-13/h7-12H,3-6H2,1-2H3,(H,23,24,25,29). The molecule has 0 bridgehead atoms. The van der Waals surface area contributed by atoms with Gasteiger partial charge in [-0.05, 0) is 62.7 Å². The van der Waals surface area contributed by atoms with Gasteiger partial charge in [-0.2, -0.15) is 5.10 Å². The molecule has 1 fully saturated rings. The lowest BCUT2D eigenvalue weighted by atomic mass is 9.90. The van der Waals surface area contributed by atoms with E-state index in [0.29, 0.717) is 39.2 Å². The van der Waals surface area contributed by atoms with Crippen molar-refractivity contribution < 1.29 is 4.39 Å². The molecule has 1 aromatic carbocycles. The third-order valence-electron chi connectivity index (χ3n) is 5.72. The zero-order valence-corrected chi connectivity index (χ0v) is 16.3. The summed E-state index contributed by atoms with van der Waals surface area (Å²) in [6.45, 7) is 2.08. The van der Waals surface area contributed by atoms with Gasteiger partial charge in [0.1, 0.15) is 11.3 Å². The van der Waals surface area contributed by atoms with Gasteiger partial charge in [-0.15, -0.1) is 0 Å². The van der Waals surface area contributed by atoms with Crippen LogP contribution < -0.4 is 5.56 Å². The Morgan fingerprint density at radius 1 is 1.17 bits per heavy atom. The van der Waals surface area contributed by atoms with E-state index in [9.17, 15) is 9.18 Å². The molecule has 0 aliphatic carbocycles. The summed E-state index contributed by atoms with van der Waals surface area (Å²) in [6, 6.07) is 5.01. The third kappa shape index (κ3) is 3.19. The average molecular weight is 392 g/mol. The van der Waals surface area contributed by atoms with E-state index in [1.54, 1.807) is 24.0 Å². The highest BCUT2D eigenvalue weighted by Gasteiger charge is 2.20. The molecule has 7 nitrogen and oxygen atoms in total. The highest BCUT2D eigenvalue weighted by molar-refractivity contribution is 5.84.